The second kappa shape index (κ2) is 11.0. The van der Waals surface area contributed by atoms with Crippen molar-refractivity contribution in [2.75, 3.05) is 39.8 Å². The summed E-state index contributed by atoms with van der Waals surface area (Å²) in [6.45, 7) is 8.69. The van der Waals surface area contributed by atoms with Crippen LogP contribution in [-0.4, -0.2) is 77.4 Å². The Hall–Kier alpha value is -3.32. The molecule has 2 fully saturated rings. The van der Waals surface area contributed by atoms with E-state index in [2.05, 4.69) is 35.9 Å². The van der Waals surface area contributed by atoms with Gasteiger partial charge in [0.05, 0.1) is 13.2 Å². The molecule has 1 N–H and O–H groups in total. The number of nitrogens with zero attached hydrogens (tertiary/aromatic N) is 3. The number of carbonyl (C=O) groups is 2. The van der Waals surface area contributed by atoms with E-state index in [1.807, 2.05) is 47.4 Å². The maximum Gasteiger partial charge on any atom is 0.270 e. The molecule has 1 aromatic heterocycles. The van der Waals surface area contributed by atoms with Gasteiger partial charge in [-0.3, -0.25) is 9.59 Å². The highest BCUT2D eigenvalue weighted by Crippen LogP contribution is 2.27. The highest BCUT2D eigenvalue weighted by molar-refractivity contribution is 6.00. The Labute approximate surface area is 219 Å². The molecular formula is C30H38N4O3. The van der Waals surface area contributed by atoms with E-state index in [9.17, 15) is 9.59 Å². The summed E-state index contributed by atoms with van der Waals surface area (Å²) in [5, 5.41) is 0.918. The predicted octanol–water partition coefficient (Wildman–Crippen LogP) is 4.40. The first-order chi connectivity index (χ1) is 17.9. The lowest BCUT2D eigenvalue weighted by Gasteiger charge is -2.44. The smallest absolute Gasteiger partial charge is 0.270 e. The molecule has 0 unspecified atom stereocenters. The van der Waals surface area contributed by atoms with Gasteiger partial charge < -0.3 is 24.4 Å². The van der Waals surface area contributed by atoms with Crippen LogP contribution in [0.4, 0.5) is 0 Å². The van der Waals surface area contributed by atoms with Gasteiger partial charge in [-0.05, 0) is 67.6 Å². The van der Waals surface area contributed by atoms with Crippen LogP contribution < -0.4 is 4.74 Å². The van der Waals surface area contributed by atoms with E-state index in [1.54, 1.807) is 12.0 Å². The average molecular weight is 503 g/mol. The molecule has 5 rings (SSSR count). The van der Waals surface area contributed by atoms with Gasteiger partial charge in [0, 0.05) is 30.5 Å². The van der Waals surface area contributed by atoms with Gasteiger partial charge in [-0.1, -0.05) is 44.2 Å². The van der Waals surface area contributed by atoms with E-state index in [-0.39, 0.29) is 24.4 Å². The van der Waals surface area contributed by atoms with Crippen LogP contribution in [0.3, 0.4) is 0 Å². The number of nitrogens with one attached hydrogen (secondary N) is 1. The minimum atomic E-state index is -0.133. The van der Waals surface area contributed by atoms with Crippen molar-refractivity contribution in [2.45, 2.75) is 39.3 Å². The largest absolute Gasteiger partial charge is 0.497 e. The normalized spacial score (nSPS) is 19.7. The maximum atomic E-state index is 13.6. The van der Waals surface area contributed by atoms with Crippen LogP contribution in [0.5, 0.6) is 5.75 Å². The summed E-state index contributed by atoms with van der Waals surface area (Å²) >= 11 is 0. The standard InChI is InChI=1S/C30H38N4O3/c1-21(2)23-11-13-32(14-12-23)18-25-19-33(20-29(35)34(25)17-22-7-5-4-6-8-22)30(36)28-16-24-15-26(37-3)9-10-27(24)31-28/h4-10,15-16,21,23,25,31H,11-14,17-20H2,1-3H3/t25-/m0/s1. The number of aromatic nitrogens is 1. The summed E-state index contributed by atoms with van der Waals surface area (Å²) in [4.78, 5) is 36.5. The molecule has 2 aliphatic rings. The fourth-order valence-corrected chi connectivity index (χ4v) is 5.81. The topological polar surface area (TPSA) is 68.9 Å². The molecule has 7 heteroatoms. The highest BCUT2D eigenvalue weighted by atomic mass is 16.5. The molecule has 1 atom stereocenters. The van der Waals surface area contributed by atoms with E-state index < -0.39 is 0 Å². The molecule has 37 heavy (non-hydrogen) atoms. The van der Waals surface area contributed by atoms with Crippen LogP contribution in [-0.2, 0) is 11.3 Å². The first-order valence-corrected chi connectivity index (χ1v) is 13.4. The van der Waals surface area contributed by atoms with Crippen molar-refractivity contribution in [1.29, 1.82) is 0 Å². The SMILES string of the molecule is COc1ccc2[nH]c(C(=O)N3CC(=O)N(Cc4ccccc4)[C@@H](CN4CCC(C(C)C)CC4)C3)cc2c1. The molecule has 0 saturated carbocycles. The van der Waals surface area contributed by atoms with Crippen molar-refractivity contribution in [3.05, 3.63) is 65.9 Å². The molecule has 196 valence electrons. The van der Waals surface area contributed by atoms with Crippen molar-refractivity contribution in [1.82, 2.24) is 19.7 Å². The number of amides is 2. The number of benzene rings is 2. The summed E-state index contributed by atoms with van der Waals surface area (Å²) in [5.74, 6) is 2.09. The van der Waals surface area contributed by atoms with Crippen LogP contribution in [0.25, 0.3) is 10.9 Å². The zero-order valence-electron chi connectivity index (χ0n) is 22.2. The number of hydrogen-bond donors (Lipinski definition) is 1. The Balaban J connectivity index is 1.34. The average Bonchev–Trinajstić information content (AvgIpc) is 3.34. The molecule has 7 nitrogen and oxygen atoms in total. The second-order valence-electron chi connectivity index (χ2n) is 10.9. The lowest BCUT2D eigenvalue weighted by Crippen LogP contribution is -2.60. The van der Waals surface area contributed by atoms with Gasteiger partial charge in [-0.15, -0.1) is 0 Å². The molecule has 3 heterocycles. The Bertz CT molecular complexity index is 1230. The quantitative estimate of drug-likeness (QED) is 0.520. The van der Waals surface area contributed by atoms with Gasteiger partial charge in [0.2, 0.25) is 5.91 Å². The summed E-state index contributed by atoms with van der Waals surface area (Å²) < 4.78 is 5.32. The van der Waals surface area contributed by atoms with Crippen LogP contribution in [0.2, 0.25) is 0 Å². The number of ether oxygens (including phenoxy) is 1. The molecule has 0 spiro atoms. The van der Waals surface area contributed by atoms with E-state index in [4.69, 9.17) is 4.74 Å². The Morgan fingerprint density at radius 1 is 1.08 bits per heavy atom. The van der Waals surface area contributed by atoms with Crippen molar-refractivity contribution in [3.63, 3.8) is 0 Å². The van der Waals surface area contributed by atoms with E-state index >= 15 is 0 Å². The van der Waals surface area contributed by atoms with Gasteiger partial charge in [0.1, 0.15) is 18.0 Å². The second-order valence-corrected chi connectivity index (χ2v) is 10.9. The molecule has 0 bridgehead atoms. The molecular weight excluding hydrogens is 464 g/mol. The van der Waals surface area contributed by atoms with Crippen LogP contribution in [0.15, 0.2) is 54.6 Å². The third-order valence-electron chi connectivity index (χ3n) is 8.10. The van der Waals surface area contributed by atoms with Crippen molar-refractivity contribution in [3.8, 4) is 5.75 Å². The van der Waals surface area contributed by atoms with Crippen LogP contribution >= 0.6 is 0 Å². The Morgan fingerprint density at radius 2 is 1.84 bits per heavy atom. The van der Waals surface area contributed by atoms with E-state index in [0.29, 0.717) is 24.7 Å². The Kier molecular flexibility index (Phi) is 7.51. The first kappa shape index (κ1) is 25.3. The van der Waals surface area contributed by atoms with Gasteiger partial charge in [0.25, 0.3) is 5.91 Å². The highest BCUT2D eigenvalue weighted by Gasteiger charge is 2.37. The van der Waals surface area contributed by atoms with Gasteiger partial charge >= 0.3 is 0 Å². The van der Waals surface area contributed by atoms with E-state index in [0.717, 1.165) is 47.8 Å². The number of fused-ring (bicyclic) bond motifs is 1. The molecule has 2 amide bonds. The van der Waals surface area contributed by atoms with Gasteiger partial charge in [-0.25, -0.2) is 0 Å². The van der Waals surface area contributed by atoms with Crippen molar-refractivity contribution < 1.29 is 14.3 Å². The number of carbonyl (C=O) groups excluding carboxylic acids is 2. The lowest BCUT2D eigenvalue weighted by molar-refractivity contribution is -0.140. The third kappa shape index (κ3) is 5.67. The summed E-state index contributed by atoms with van der Waals surface area (Å²) in [6, 6.07) is 17.6. The number of likely N-dealkylation sites (tertiary alicyclic amines) is 1. The number of hydrogen-bond acceptors (Lipinski definition) is 4. The Morgan fingerprint density at radius 3 is 2.54 bits per heavy atom. The number of piperazine rings is 1. The summed E-state index contributed by atoms with van der Waals surface area (Å²) in [5.41, 5.74) is 2.50. The van der Waals surface area contributed by atoms with Crippen LogP contribution in [0.1, 0.15) is 42.7 Å². The van der Waals surface area contributed by atoms with Gasteiger partial charge in [0.15, 0.2) is 0 Å². The zero-order valence-corrected chi connectivity index (χ0v) is 22.2. The molecule has 2 aromatic carbocycles. The monoisotopic (exact) mass is 502 g/mol. The number of piperidine rings is 1. The minimum absolute atomic E-state index is 0.00306. The number of H-pyrrole nitrogens is 1. The summed E-state index contributed by atoms with van der Waals surface area (Å²) in [7, 11) is 1.63. The van der Waals surface area contributed by atoms with Crippen molar-refractivity contribution >= 4 is 22.7 Å². The lowest BCUT2D eigenvalue weighted by atomic mass is 9.86. The molecule has 3 aromatic rings. The fraction of sp³-hybridized carbons (Fsp3) is 0.467. The summed E-state index contributed by atoms with van der Waals surface area (Å²) in [6.07, 6.45) is 2.39. The number of aromatic amines is 1. The molecule has 2 aliphatic heterocycles. The molecule has 0 radical (unpaired) electrons. The minimum Gasteiger partial charge on any atom is -0.497 e. The molecule has 2 saturated heterocycles. The molecule has 0 aliphatic carbocycles. The predicted molar refractivity (Wildman–Crippen MR) is 146 cm³/mol. The third-order valence-corrected chi connectivity index (χ3v) is 8.10. The first-order valence-electron chi connectivity index (χ1n) is 13.4. The van der Waals surface area contributed by atoms with Crippen LogP contribution in [0, 0.1) is 11.8 Å². The van der Waals surface area contributed by atoms with Gasteiger partial charge in [-0.2, -0.15) is 0 Å². The van der Waals surface area contributed by atoms with Crippen molar-refractivity contribution in [2.24, 2.45) is 11.8 Å². The van der Waals surface area contributed by atoms with E-state index in [1.165, 1.54) is 12.8 Å². The maximum absolute atomic E-state index is 13.6. The zero-order chi connectivity index (χ0) is 25.9. The number of methoxy groups -OCH3 is 1. The number of rotatable bonds is 7. The fourth-order valence-electron chi connectivity index (χ4n) is 5.81.